The Morgan fingerprint density at radius 1 is 1.28 bits per heavy atom. The van der Waals surface area contributed by atoms with Gasteiger partial charge in [-0.05, 0) is 57.5 Å². The topological polar surface area (TPSA) is 42.0 Å². The molecule has 2 fully saturated rings. The molecule has 1 amide bonds. The summed E-state index contributed by atoms with van der Waals surface area (Å²) < 4.78 is 11.8. The van der Waals surface area contributed by atoms with Gasteiger partial charge in [-0.2, -0.15) is 0 Å². The second kappa shape index (κ2) is 7.85. The van der Waals surface area contributed by atoms with E-state index in [9.17, 15) is 4.79 Å². The van der Waals surface area contributed by atoms with Crippen molar-refractivity contribution in [3.8, 4) is 0 Å². The van der Waals surface area contributed by atoms with E-state index >= 15 is 0 Å². The predicted octanol–water partition coefficient (Wildman–Crippen LogP) is 2.55. The van der Waals surface area contributed by atoms with Gasteiger partial charge < -0.3 is 19.3 Å². The Bertz CT molecular complexity index is 577. The molecule has 5 heteroatoms. The Balaban J connectivity index is 1.61. The molecule has 1 aromatic rings. The van der Waals surface area contributed by atoms with E-state index in [1.165, 1.54) is 5.56 Å². The summed E-state index contributed by atoms with van der Waals surface area (Å²) >= 11 is 0. The van der Waals surface area contributed by atoms with Crippen LogP contribution in [0.1, 0.15) is 41.6 Å². The summed E-state index contributed by atoms with van der Waals surface area (Å²) in [4.78, 5) is 16.9. The van der Waals surface area contributed by atoms with Crippen LogP contribution in [0.5, 0.6) is 0 Å². The minimum atomic E-state index is -0.195. The molecule has 2 saturated heterocycles. The summed E-state index contributed by atoms with van der Waals surface area (Å²) in [5.41, 5.74) is 1.79. The third-order valence-electron chi connectivity index (χ3n) is 5.47. The molecule has 0 radical (unpaired) electrons. The van der Waals surface area contributed by atoms with Gasteiger partial charge >= 0.3 is 0 Å². The molecule has 2 aliphatic heterocycles. The molecule has 0 N–H and O–H groups in total. The summed E-state index contributed by atoms with van der Waals surface area (Å²) in [6.45, 7) is 3.16. The molecule has 1 aromatic carbocycles. The third-order valence-corrected chi connectivity index (χ3v) is 5.47. The fourth-order valence-corrected chi connectivity index (χ4v) is 4.09. The van der Waals surface area contributed by atoms with Crippen LogP contribution in [0.4, 0.5) is 0 Å². The lowest BCUT2D eigenvalue weighted by Gasteiger charge is -2.48. The summed E-state index contributed by atoms with van der Waals surface area (Å²) in [7, 11) is 5.86. The number of hydrogen-bond acceptors (Lipinski definition) is 4. The van der Waals surface area contributed by atoms with Crippen molar-refractivity contribution in [1.29, 1.82) is 0 Å². The molecule has 0 aliphatic carbocycles. The van der Waals surface area contributed by atoms with Crippen LogP contribution in [0.25, 0.3) is 0 Å². The van der Waals surface area contributed by atoms with Gasteiger partial charge in [0.2, 0.25) is 0 Å². The lowest BCUT2D eigenvalue weighted by atomic mass is 9.81. The number of likely N-dealkylation sites (tertiary alicyclic amines) is 1. The number of carbonyl (C=O) groups excluding carboxylic acids is 1. The highest BCUT2D eigenvalue weighted by Gasteiger charge is 2.45. The van der Waals surface area contributed by atoms with Gasteiger partial charge in [0.05, 0.1) is 11.7 Å². The molecule has 0 aromatic heterocycles. The number of amides is 1. The smallest absolute Gasteiger partial charge is 0.253 e. The number of hydrogen-bond donors (Lipinski definition) is 0. The van der Waals surface area contributed by atoms with Crippen LogP contribution in [-0.4, -0.2) is 68.3 Å². The Morgan fingerprint density at radius 3 is 2.56 bits per heavy atom. The molecule has 138 valence electrons. The fourth-order valence-electron chi connectivity index (χ4n) is 4.09. The van der Waals surface area contributed by atoms with E-state index in [1.54, 1.807) is 7.11 Å². The number of methoxy groups -OCH3 is 1. The first-order valence-corrected chi connectivity index (χ1v) is 9.24. The second-order valence-corrected chi connectivity index (χ2v) is 7.51. The number of carbonyl (C=O) groups is 1. The van der Waals surface area contributed by atoms with Crippen LogP contribution in [0.15, 0.2) is 24.3 Å². The van der Waals surface area contributed by atoms with Crippen molar-refractivity contribution in [2.75, 3.05) is 40.9 Å². The van der Waals surface area contributed by atoms with Crippen LogP contribution in [-0.2, 0) is 16.0 Å². The zero-order chi connectivity index (χ0) is 17.9. The maximum Gasteiger partial charge on any atom is 0.253 e. The Labute approximate surface area is 150 Å². The third kappa shape index (κ3) is 4.05. The van der Waals surface area contributed by atoms with Crippen LogP contribution in [0, 0.1) is 0 Å². The first-order chi connectivity index (χ1) is 12.0. The second-order valence-electron chi connectivity index (χ2n) is 7.51. The summed E-state index contributed by atoms with van der Waals surface area (Å²) in [5.74, 6) is 0.121. The fraction of sp³-hybridized carbons (Fsp3) is 0.650. The van der Waals surface area contributed by atoms with Crippen molar-refractivity contribution < 1.29 is 14.3 Å². The van der Waals surface area contributed by atoms with E-state index in [0.29, 0.717) is 0 Å². The van der Waals surface area contributed by atoms with Crippen molar-refractivity contribution in [2.45, 2.75) is 43.9 Å². The molecule has 1 spiro atoms. The highest BCUT2D eigenvalue weighted by Crippen LogP contribution is 2.37. The van der Waals surface area contributed by atoms with Gasteiger partial charge in [-0.15, -0.1) is 0 Å². The van der Waals surface area contributed by atoms with Gasteiger partial charge in [-0.3, -0.25) is 4.79 Å². The van der Waals surface area contributed by atoms with Gasteiger partial charge in [0, 0.05) is 38.9 Å². The Hall–Kier alpha value is -1.43. The van der Waals surface area contributed by atoms with Crippen LogP contribution < -0.4 is 0 Å². The molecule has 1 unspecified atom stereocenters. The number of piperidine rings is 1. The van der Waals surface area contributed by atoms with Gasteiger partial charge in [0.25, 0.3) is 5.91 Å². The van der Waals surface area contributed by atoms with E-state index in [4.69, 9.17) is 9.47 Å². The van der Waals surface area contributed by atoms with Crippen molar-refractivity contribution in [2.24, 2.45) is 0 Å². The molecule has 25 heavy (non-hydrogen) atoms. The average Bonchev–Trinajstić information content (AvgIpc) is 2.62. The standard InChI is InChI=1S/C20H30N2O3/c1-21(2)15-16-6-8-17(9-7-16)19(23)22-12-10-20(11-13-22)18(24-3)5-4-14-25-20/h6-9,18H,4-5,10-15H2,1-3H3. The lowest BCUT2D eigenvalue weighted by molar-refractivity contribution is -0.183. The largest absolute Gasteiger partial charge is 0.378 e. The molecule has 0 bridgehead atoms. The maximum atomic E-state index is 12.8. The highest BCUT2D eigenvalue weighted by atomic mass is 16.5. The number of benzene rings is 1. The molecular weight excluding hydrogens is 316 g/mol. The van der Waals surface area contributed by atoms with Crippen LogP contribution in [0.3, 0.4) is 0 Å². The van der Waals surface area contributed by atoms with Gasteiger partial charge in [0.15, 0.2) is 0 Å². The van der Waals surface area contributed by atoms with Crippen molar-refractivity contribution in [3.05, 3.63) is 35.4 Å². The molecule has 3 rings (SSSR count). The van der Waals surface area contributed by atoms with Crippen LogP contribution in [0.2, 0.25) is 0 Å². The highest BCUT2D eigenvalue weighted by molar-refractivity contribution is 5.94. The van der Waals surface area contributed by atoms with Gasteiger partial charge in [-0.25, -0.2) is 0 Å². The lowest BCUT2D eigenvalue weighted by Crippen LogP contribution is -2.56. The molecule has 2 aliphatic rings. The zero-order valence-corrected chi connectivity index (χ0v) is 15.7. The molecule has 2 heterocycles. The first-order valence-electron chi connectivity index (χ1n) is 9.24. The van der Waals surface area contributed by atoms with Gasteiger partial charge in [0.1, 0.15) is 0 Å². The first kappa shape index (κ1) is 18.4. The van der Waals surface area contributed by atoms with E-state index in [1.807, 2.05) is 43.3 Å². The molecule has 0 saturated carbocycles. The minimum Gasteiger partial charge on any atom is -0.378 e. The molecule has 1 atom stereocenters. The van der Waals surface area contributed by atoms with Crippen molar-refractivity contribution in [3.63, 3.8) is 0 Å². The monoisotopic (exact) mass is 346 g/mol. The van der Waals surface area contributed by atoms with E-state index in [-0.39, 0.29) is 17.6 Å². The number of ether oxygens (including phenoxy) is 2. The predicted molar refractivity (Wildman–Crippen MR) is 97.7 cm³/mol. The van der Waals surface area contributed by atoms with Crippen LogP contribution >= 0.6 is 0 Å². The van der Waals surface area contributed by atoms with E-state index in [0.717, 1.165) is 57.5 Å². The number of nitrogens with zero attached hydrogens (tertiary/aromatic N) is 2. The average molecular weight is 346 g/mol. The molecule has 5 nitrogen and oxygen atoms in total. The number of rotatable bonds is 4. The SMILES string of the molecule is COC1CCCOC12CCN(C(=O)c1ccc(CN(C)C)cc1)CC2. The summed E-state index contributed by atoms with van der Waals surface area (Å²) in [6.07, 6.45) is 3.98. The molecular formula is C20H30N2O3. The van der Waals surface area contributed by atoms with Crippen molar-refractivity contribution >= 4 is 5.91 Å². The minimum absolute atomic E-state index is 0.121. The Morgan fingerprint density at radius 2 is 1.96 bits per heavy atom. The normalized spacial score (nSPS) is 23.2. The zero-order valence-electron chi connectivity index (χ0n) is 15.7. The van der Waals surface area contributed by atoms with Gasteiger partial charge in [-0.1, -0.05) is 12.1 Å². The maximum absolute atomic E-state index is 12.8. The van der Waals surface area contributed by atoms with E-state index in [2.05, 4.69) is 4.90 Å². The van der Waals surface area contributed by atoms with Crippen molar-refractivity contribution in [1.82, 2.24) is 9.80 Å². The van der Waals surface area contributed by atoms with E-state index < -0.39 is 0 Å². The Kier molecular flexibility index (Phi) is 5.77. The summed E-state index contributed by atoms with van der Waals surface area (Å²) in [5, 5.41) is 0. The quantitative estimate of drug-likeness (QED) is 0.840. The summed E-state index contributed by atoms with van der Waals surface area (Å²) in [6, 6.07) is 7.98.